The molecule has 0 unspecified atom stereocenters. The van der Waals surface area contributed by atoms with Gasteiger partial charge in [0.25, 0.3) is 5.91 Å². The lowest BCUT2D eigenvalue weighted by Crippen LogP contribution is -2.30. The Morgan fingerprint density at radius 3 is 1.30 bits per heavy atom. The number of amides is 2. The van der Waals surface area contributed by atoms with E-state index >= 15 is 0 Å². The number of aryl methyl sites for hydroxylation is 2. The minimum Gasteiger partial charge on any atom is -0.323 e. The first-order valence-corrected chi connectivity index (χ1v) is 18.2. The maximum atomic E-state index is 13.0. The minimum atomic E-state index is -0.230. The van der Waals surface area contributed by atoms with Crippen molar-refractivity contribution in [3.63, 3.8) is 0 Å². The molecule has 2 amide bonds. The summed E-state index contributed by atoms with van der Waals surface area (Å²) >= 11 is 0. The molecule has 7 aromatic rings. The number of carbonyl (C=O) groups excluding carboxylic acids is 2. The van der Waals surface area contributed by atoms with Gasteiger partial charge in [0.2, 0.25) is 5.91 Å². The van der Waals surface area contributed by atoms with Crippen LogP contribution in [0.3, 0.4) is 0 Å². The fourth-order valence-electron chi connectivity index (χ4n) is 6.29. The number of anilines is 2. The van der Waals surface area contributed by atoms with E-state index in [2.05, 4.69) is 119 Å². The van der Waals surface area contributed by atoms with E-state index in [0.29, 0.717) is 11.3 Å². The zero-order chi connectivity index (χ0) is 37.3. The fourth-order valence-corrected chi connectivity index (χ4v) is 6.29. The minimum absolute atomic E-state index is 0.202. The van der Waals surface area contributed by atoms with Crippen molar-refractivity contribution in [3.8, 4) is 44.5 Å². The third-order valence-corrected chi connectivity index (χ3v) is 9.45. The zero-order valence-electron chi connectivity index (χ0n) is 30.4. The van der Waals surface area contributed by atoms with Crippen molar-refractivity contribution in [2.75, 3.05) is 10.6 Å². The Morgan fingerprint density at radius 2 is 0.870 bits per heavy atom. The molecule has 0 bridgehead atoms. The number of nitrogens with zero attached hydrogens (tertiary/aromatic N) is 2. The summed E-state index contributed by atoms with van der Waals surface area (Å²) in [6.45, 7) is 6.10. The number of carbonyl (C=O) groups is 2. The summed E-state index contributed by atoms with van der Waals surface area (Å²) < 4.78 is 4.31. The summed E-state index contributed by atoms with van der Waals surface area (Å²) in [5, 5.41) is 5.89. The van der Waals surface area contributed by atoms with Gasteiger partial charge >= 0.3 is 0 Å². The molecule has 54 heavy (non-hydrogen) atoms. The molecule has 0 saturated carbocycles. The number of rotatable bonds is 11. The van der Waals surface area contributed by atoms with Crippen LogP contribution in [0.2, 0.25) is 0 Å². The molecular formula is C48H42N4O2+2. The molecule has 0 fully saturated rings. The molecule has 0 spiro atoms. The second-order valence-corrected chi connectivity index (χ2v) is 13.1. The van der Waals surface area contributed by atoms with Crippen LogP contribution in [0.15, 0.2) is 176 Å². The van der Waals surface area contributed by atoms with Crippen LogP contribution in [0.1, 0.15) is 29.8 Å². The van der Waals surface area contributed by atoms with Gasteiger partial charge in [-0.2, -0.15) is 0 Å². The van der Waals surface area contributed by atoms with Crippen LogP contribution in [0.5, 0.6) is 0 Å². The van der Waals surface area contributed by atoms with Gasteiger partial charge in [-0.25, -0.2) is 9.13 Å². The highest BCUT2D eigenvalue weighted by molar-refractivity contribution is 6.05. The molecule has 2 heterocycles. The SMILES string of the molecule is CC[n+]1cccc(-c2ccc(NC(=O)/C=C/c3ccc(C(=O)Nc4ccc(-c5ccc(-c6ccc(-c7ccc[n+](CC)c7)cc6)cc5)cc4)cc3)cc2)c1. The highest BCUT2D eigenvalue weighted by atomic mass is 16.2. The average Bonchev–Trinajstić information content (AvgIpc) is 3.24. The van der Waals surface area contributed by atoms with Gasteiger partial charge in [-0.3, -0.25) is 9.59 Å². The second-order valence-electron chi connectivity index (χ2n) is 13.1. The molecule has 264 valence electrons. The van der Waals surface area contributed by atoms with E-state index in [4.69, 9.17) is 0 Å². The lowest BCUT2D eigenvalue weighted by molar-refractivity contribution is -0.693. The molecule has 2 aromatic heterocycles. The number of hydrogen-bond donors (Lipinski definition) is 2. The van der Waals surface area contributed by atoms with Gasteiger partial charge in [0.1, 0.15) is 13.1 Å². The van der Waals surface area contributed by atoms with Gasteiger partial charge in [0.15, 0.2) is 24.8 Å². The number of pyridine rings is 2. The molecule has 0 saturated heterocycles. The number of benzene rings is 5. The molecular weight excluding hydrogens is 665 g/mol. The zero-order valence-corrected chi connectivity index (χ0v) is 30.4. The van der Waals surface area contributed by atoms with Crippen molar-refractivity contribution in [2.45, 2.75) is 26.9 Å². The normalized spacial score (nSPS) is 11.0. The van der Waals surface area contributed by atoms with Crippen molar-refractivity contribution in [3.05, 3.63) is 188 Å². The Kier molecular flexibility index (Phi) is 10.9. The van der Waals surface area contributed by atoms with E-state index in [1.165, 1.54) is 22.8 Å². The van der Waals surface area contributed by atoms with E-state index in [-0.39, 0.29) is 11.8 Å². The lowest BCUT2D eigenvalue weighted by Gasteiger charge is -2.09. The van der Waals surface area contributed by atoms with Crippen LogP contribution in [0.4, 0.5) is 11.4 Å². The third-order valence-electron chi connectivity index (χ3n) is 9.45. The Bertz CT molecular complexity index is 2400. The van der Waals surface area contributed by atoms with Gasteiger partial charge < -0.3 is 10.6 Å². The highest BCUT2D eigenvalue weighted by Crippen LogP contribution is 2.28. The Labute approximate surface area is 316 Å². The molecule has 0 aliphatic heterocycles. The molecule has 7 rings (SSSR count). The molecule has 5 aromatic carbocycles. The van der Waals surface area contributed by atoms with Gasteiger partial charge in [-0.15, -0.1) is 0 Å². The van der Waals surface area contributed by atoms with Crippen LogP contribution >= 0.6 is 0 Å². The van der Waals surface area contributed by atoms with Crippen molar-refractivity contribution in [2.24, 2.45) is 0 Å². The van der Waals surface area contributed by atoms with Gasteiger partial charge in [0, 0.05) is 46.3 Å². The average molecular weight is 707 g/mol. The summed E-state index contributed by atoms with van der Waals surface area (Å²) in [6.07, 6.45) is 11.6. The Morgan fingerprint density at radius 1 is 0.481 bits per heavy atom. The fraction of sp³-hybridized carbons (Fsp3) is 0.0833. The standard InChI is InChI=1S/C48H40N4O2/c1-3-51-31-5-7-43(33-51)40-20-18-37(19-21-40)36-14-16-38(17-15-36)39-22-28-46(29-23-39)50-48(54)42-12-9-35(10-13-42)11-30-47(53)49-45-26-24-41(25-27-45)44-8-6-32-52(4-2)34-44/h5-34H,3-4H2,1-2H3/p+2/b30-11+. The molecule has 6 heteroatoms. The highest BCUT2D eigenvalue weighted by Gasteiger charge is 2.09. The number of nitrogens with one attached hydrogen (secondary N) is 2. The van der Waals surface area contributed by atoms with Crippen molar-refractivity contribution in [1.29, 1.82) is 0 Å². The van der Waals surface area contributed by atoms with Gasteiger partial charge in [0.05, 0.1) is 0 Å². The molecule has 2 N–H and O–H groups in total. The van der Waals surface area contributed by atoms with Crippen LogP contribution in [-0.2, 0) is 17.9 Å². The maximum Gasteiger partial charge on any atom is 0.255 e. The smallest absolute Gasteiger partial charge is 0.255 e. The second kappa shape index (κ2) is 16.6. The van der Waals surface area contributed by atoms with Crippen molar-refractivity contribution >= 4 is 29.3 Å². The monoisotopic (exact) mass is 706 g/mol. The molecule has 0 aliphatic carbocycles. The molecule has 6 nitrogen and oxygen atoms in total. The first-order chi connectivity index (χ1) is 26.4. The van der Waals surface area contributed by atoms with Crippen molar-refractivity contribution in [1.82, 2.24) is 0 Å². The maximum absolute atomic E-state index is 13.0. The van der Waals surface area contributed by atoms with E-state index in [1.807, 2.05) is 72.9 Å². The summed E-state index contributed by atoms with van der Waals surface area (Å²) in [6, 6.07) is 48.4. The van der Waals surface area contributed by atoms with E-state index < -0.39 is 0 Å². The first-order valence-electron chi connectivity index (χ1n) is 18.2. The van der Waals surface area contributed by atoms with Crippen molar-refractivity contribution < 1.29 is 18.7 Å². The summed E-state index contributed by atoms with van der Waals surface area (Å²) in [5.74, 6) is -0.433. The topological polar surface area (TPSA) is 66.0 Å². The Balaban J connectivity index is 0.904. The van der Waals surface area contributed by atoms with E-state index in [9.17, 15) is 9.59 Å². The quantitative estimate of drug-likeness (QED) is 0.104. The predicted octanol–water partition coefficient (Wildman–Crippen LogP) is 9.87. The lowest BCUT2D eigenvalue weighted by atomic mass is 9.98. The van der Waals surface area contributed by atoms with Crippen LogP contribution < -0.4 is 19.8 Å². The molecule has 0 atom stereocenters. The first kappa shape index (κ1) is 35.5. The molecule has 0 aliphatic rings. The van der Waals surface area contributed by atoms with Crippen LogP contribution in [0, 0.1) is 0 Å². The summed E-state index contributed by atoms with van der Waals surface area (Å²) in [5.41, 5.74) is 11.9. The summed E-state index contributed by atoms with van der Waals surface area (Å²) in [7, 11) is 0. The third kappa shape index (κ3) is 8.75. The van der Waals surface area contributed by atoms with Gasteiger partial charge in [-0.05, 0) is 107 Å². The van der Waals surface area contributed by atoms with Crippen LogP contribution in [-0.4, -0.2) is 11.8 Å². The summed E-state index contributed by atoms with van der Waals surface area (Å²) in [4.78, 5) is 25.6. The van der Waals surface area contributed by atoms with E-state index in [1.54, 1.807) is 18.2 Å². The Hall–Kier alpha value is -6.92. The largest absolute Gasteiger partial charge is 0.323 e. The number of aromatic nitrogens is 2. The number of hydrogen-bond acceptors (Lipinski definition) is 2. The molecule has 0 radical (unpaired) electrons. The predicted molar refractivity (Wildman–Crippen MR) is 218 cm³/mol. The van der Waals surface area contributed by atoms with E-state index in [0.717, 1.165) is 52.2 Å². The van der Waals surface area contributed by atoms with Gasteiger partial charge in [-0.1, -0.05) is 84.9 Å². The van der Waals surface area contributed by atoms with Crippen LogP contribution in [0.25, 0.3) is 50.6 Å².